The number of hydrogen-bond acceptors (Lipinski definition) is 6. The van der Waals surface area contributed by atoms with Gasteiger partial charge in [0.2, 0.25) is 5.91 Å². The number of hydrogen-bond donors (Lipinski definition) is 2. The predicted octanol–water partition coefficient (Wildman–Crippen LogP) is 5.63. The van der Waals surface area contributed by atoms with Crippen molar-refractivity contribution in [2.45, 2.75) is 58.3 Å². The molecule has 0 aliphatic heterocycles. The monoisotopic (exact) mass is 468 g/mol. The summed E-state index contributed by atoms with van der Waals surface area (Å²) in [6.45, 7) is 11.3. The summed E-state index contributed by atoms with van der Waals surface area (Å²) in [7, 11) is 0. The van der Waals surface area contributed by atoms with Gasteiger partial charge in [-0.25, -0.2) is 0 Å². The van der Waals surface area contributed by atoms with Crippen LogP contribution < -0.4 is 10.1 Å². The molecule has 0 saturated heterocycles. The van der Waals surface area contributed by atoms with Crippen LogP contribution in [-0.4, -0.2) is 31.5 Å². The lowest BCUT2D eigenvalue weighted by Crippen LogP contribution is -2.17. The molecule has 1 amide bonds. The smallest absolute Gasteiger partial charge is 0.234 e. The van der Waals surface area contributed by atoms with Crippen LogP contribution in [0.25, 0.3) is 0 Å². The molecular formula is C25H32N4O3S. The summed E-state index contributed by atoms with van der Waals surface area (Å²) in [5, 5.41) is 21.7. The van der Waals surface area contributed by atoms with E-state index in [1.807, 2.05) is 23.6 Å². The molecule has 0 radical (unpaired) electrons. The molecule has 0 spiro atoms. The number of carbonyl (C=O) groups excluding carboxylic acids is 1. The van der Waals surface area contributed by atoms with Crippen LogP contribution in [0.1, 0.15) is 58.0 Å². The molecule has 1 aromatic heterocycles. The fraction of sp³-hybridized carbons (Fsp3) is 0.400. The Bertz CT molecular complexity index is 1060. The Balaban J connectivity index is 1.68. The van der Waals surface area contributed by atoms with Crippen molar-refractivity contribution in [2.75, 3.05) is 11.1 Å². The minimum Gasteiger partial charge on any atom is -0.508 e. The van der Waals surface area contributed by atoms with Crippen LogP contribution in [0.3, 0.4) is 0 Å². The van der Waals surface area contributed by atoms with Crippen LogP contribution in [0.4, 0.5) is 5.69 Å². The van der Waals surface area contributed by atoms with Gasteiger partial charge in [0.05, 0.1) is 5.75 Å². The normalized spacial score (nSPS) is 12.2. The van der Waals surface area contributed by atoms with Gasteiger partial charge in [-0.1, -0.05) is 57.7 Å². The lowest BCUT2D eigenvalue weighted by Gasteiger charge is -2.18. The largest absolute Gasteiger partial charge is 0.508 e. The first-order valence-corrected chi connectivity index (χ1v) is 12.1. The molecule has 176 valence electrons. The van der Waals surface area contributed by atoms with Crippen molar-refractivity contribution in [3.8, 4) is 11.5 Å². The number of thioether (sulfide) groups is 1. The SMILES string of the molecule is CC(C)Cn1c(SCC(=O)Nc2cccc(O)c2)nnc1C(C)Oc1ccc(C(C)C)cc1. The van der Waals surface area contributed by atoms with Crippen LogP contribution in [-0.2, 0) is 11.3 Å². The lowest BCUT2D eigenvalue weighted by molar-refractivity contribution is -0.113. The molecule has 1 atom stereocenters. The molecule has 8 heteroatoms. The van der Waals surface area contributed by atoms with Crippen LogP contribution in [0.5, 0.6) is 11.5 Å². The molecule has 2 N–H and O–H groups in total. The molecule has 2 aromatic carbocycles. The summed E-state index contributed by atoms with van der Waals surface area (Å²) >= 11 is 1.33. The fourth-order valence-electron chi connectivity index (χ4n) is 3.34. The summed E-state index contributed by atoms with van der Waals surface area (Å²) < 4.78 is 8.18. The molecule has 0 saturated carbocycles. The Morgan fingerprint density at radius 3 is 2.45 bits per heavy atom. The zero-order valence-corrected chi connectivity index (χ0v) is 20.6. The van der Waals surface area contributed by atoms with Crippen LogP contribution in [0, 0.1) is 5.92 Å². The first-order valence-electron chi connectivity index (χ1n) is 11.1. The van der Waals surface area contributed by atoms with Gasteiger partial charge >= 0.3 is 0 Å². The van der Waals surface area contributed by atoms with Crippen LogP contribution >= 0.6 is 11.8 Å². The Kier molecular flexibility index (Phi) is 8.38. The Labute approximate surface area is 199 Å². The van der Waals surface area contributed by atoms with E-state index in [2.05, 4.69) is 55.3 Å². The predicted molar refractivity (Wildman–Crippen MR) is 132 cm³/mol. The van der Waals surface area contributed by atoms with E-state index >= 15 is 0 Å². The minimum absolute atomic E-state index is 0.106. The average molecular weight is 469 g/mol. The third-order valence-corrected chi connectivity index (χ3v) is 5.95. The molecule has 33 heavy (non-hydrogen) atoms. The molecular weight excluding hydrogens is 436 g/mol. The maximum absolute atomic E-state index is 12.4. The van der Waals surface area contributed by atoms with E-state index in [-0.39, 0.29) is 23.5 Å². The number of nitrogens with zero attached hydrogens (tertiary/aromatic N) is 3. The maximum atomic E-state index is 12.4. The fourth-order valence-corrected chi connectivity index (χ4v) is 4.10. The number of amides is 1. The highest BCUT2D eigenvalue weighted by Crippen LogP contribution is 2.27. The van der Waals surface area contributed by atoms with Crippen molar-refractivity contribution >= 4 is 23.4 Å². The van der Waals surface area contributed by atoms with Gasteiger partial charge in [0, 0.05) is 18.3 Å². The summed E-state index contributed by atoms with van der Waals surface area (Å²) in [5.41, 5.74) is 1.82. The number of anilines is 1. The summed E-state index contributed by atoms with van der Waals surface area (Å²) in [5.74, 6) is 2.46. The second kappa shape index (κ2) is 11.2. The van der Waals surface area contributed by atoms with Gasteiger partial charge in [0.1, 0.15) is 11.5 Å². The molecule has 0 aliphatic rings. The standard InChI is InChI=1S/C25H32N4O3S/c1-16(2)14-29-24(18(5)32-22-11-9-19(10-12-22)17(3)4)27-28-25(29)33-15-23(31)26-20-7-6-8-21(30)13-20/h6-13,16-18,30H,14-15H2,1-5H3,(H,26,31). The molecule has 3 aromatic rings. The van der Waals surface area contributed by atoms with E-state index in [1.54, 1.807) is 18.2 Å². The van der Waals surface area contributed by atoms with Crippen LogP contribution in [0.15, 0.2) is 53.7 Å². The number of ether oxygens (including phenoxy) is 1. The van der Waals surface area contributed by atoms with Crippen molar-refractivity contribution in [3.63, 3.8) is 0 Å². The minimum atomic E-state index is -0.295. The average Bonchev–Trinajstić information content (AvgIpc) is 3.14. The number of aromatic nitrogens is 3. The Hall–Kier alpha value is -3.00. The highest BCUT2D eigenvalue weighted by Gasteiger charge is 2.21. The number of aromatic hydroxyl groups is 1. The highest BCUT2D eigenvalue weighted by atomic mass is 32.2. The van der Waals surface area contributed by atoms with Crippen molar-refractivity contribution in [1.29, 1.82) is 0 Å². The quantitative estimate of drug-likeness (QED) is 0.375. The van der Waals surface area contributed by atoms with Gasteiger partial charge in [-0.05, 0) is 48.6 Å². The molecule has 0 bridgehead atoms. The number of nitrogens with one attached hydrogen (secondary N) is 1. The molecule has 1 heterocycles. The highest BCUT2D eigenvalue weighted by molar-refractivity contribution is 7.99. The number of benzene rings is 2. The van der Waals surface area contributed by atoms with Crippen LogP contribution in [0.2, 0.25) is 0 Å². The van der Waals surface area contributed by atoms with Gasteiger partial charge in [-0.3, -0.25) is 4.79 Å². The molecule has 3 rings (SSSR count). The third kappa shape index (κ3) is 6.99. The number of rotatable bonds is 10. The van der Waals surface area contributed by atoms with E-state index in [4.69, 9.17) is 4.74 Å². The van der Waals surface area contributed by atoms with E-state index in [9.17, 15) is 9.90 Å². The number of phenols is 1. The maximum Gasteiger partial charge on any atom is 0.234 e. The van der Waals surface area contributed by atoms with Crippen molar-refractivity contribution in [2.24, 2.45) is 5.92 Å². The zero-order valence-electron chi connectivity index (χ0n) is 19.8. The number of phenolic OH excluding ortho intramolecular Hbond substituents is 1. The molecule has 0 aliphatic carbocycles. The Morgan fingerprint density at radius 1 is 1.09 bits per heavy atom. The van der Waals surface area contributed by atoms with E-state index < -0.39 is 0 Å². The van der Waals surface area contributed by atoms with E-state index in [0.29, 0.717) is 22.7 Å². The summed E-state index contributed by atoms with van der Waals surface area (Å²) in [6, 6.07) is 14.6. The zero-order chi connectivity index (χ0) is 24.0. The van der Waals surface area contributed by atoms with Gasteiger partial charge in [0.25, 0.3) is 0 Å². The molecule has 1 unspecified atom stereocenters. The first-order chi connectivity index (χ1) is 15.7. The van der Waals surface area contributed by atoms with Gasteiger partial charge in [-0.2, -0.15) is 0 Å². The summed E-state index contributed by atoms with van der Waals surface area (Å²) in [4.78, 5) is 12.4. The van der Waals surface area contributed by atoms with Gasteiger partial charge in [-0.15, -0.1) is 10.2 Å². The topological polar surface area (TPSA) is 89.3 Å². The molecule has 0 fully saturated rings. The van der Waals surface area contributed by atoms with E-state index in [0.717, 1.165) is 18.1 Å². The van der Waals surface area contributed by atoms with E-state index in [1.165, 1.54) is 23.4 Å². The van der Waals surface area contributed by atoms with Crippen molar-refractivity contribution < 1.29 is 14.6 Å². The second-order valence-corrected chi connectivity index (χ2v) is 9.66. The first kappa shape index (κ1) is 24.6. The number of carbonyl (C=O) groups is 1. The Morgan fingerprint density at radius 2 is 1.82 bits per heavy atom. The summed E-state index contributed by atoms with van der Waals surface area (Å²) in [6.07, 6.45) is -0.295. The van der Waals surface area contributed by atoms with Gasteiger partial charge in [0.15, 0.2) is 17.1 Å². The van der Waals surface area contributed by atoms with Gasteiger partial charge < -0.3 is 19.7 Å². The third-order valence-electron chi connectivity index (χ3n) is 4.98. The van der Waals surface area contributed by atoms with Crippen molar-refractivity contribution in [3.05, 3.63) is 59.9 Å². The second-order valence-electron chi connectivity index (χ2n) is 8.72. The van der Waals surface area contributed by atoms with Crippen molar-refractivity contribution in [1.82, 2.24) is 14.8 Å². The lowest BCUT2D eigenvalue weighted by atomic mass is 10.0. The molecule has 7 nitrogen and oxygen atoms in total.